The van der Waals surface area contributed by atoms with Crippen LogP contribution in [0.25, 0.3) is 0 Å². The van der Waals surface area contributed by atoms with Crippen molar-refractivity contribution >= 4 is 23.1 Å². The zero-order valence-corrected chi connectivity index (χ0v) is 8.95. The number of carbonyl (C=O) groups excluding carboxylic acids is 1. The molecule has 0 aromatic heterocycles. The molecule has 0 N–H and O–H groups in total. The Kier molecular flexibility index (Phi) is 3.80. The molecule has 0 unspecified atom stereocenters. The van der Waals surface area contributed by atoms with Crippen LogP contribution in [-0.4, -0.2) is 10.7 Å². The molecule has 1 aromatic rings. The van der Waals surface area contributed by atoms with Crippen molar-refractivity contribution in [3.8, 4) is 0 Å². The normalized spacial score (nSPS) is 10.0. The van der Waals surface area contributed by atoms with Crippen LogP contribution in [0.3, 0.4) is 0 Å². The molecule has 0 saturated heterocycles. The monoisotopic (exact) mass is 227 g/mol. The molecule has 5 heteroatoms. The zero-order chi connectivity index (χ0) is 11.4. The summed E-state index contributed by atoms with van der Waals surface area (Å²) in [6.07, 6.45) is 0.987. The Morgan fingerprint density at radius 1 is 1.53 bits per heavy atom. The quantitative estimate of drug-likeness (QED) is 0.587. The van der Waals surface area contributed by atoms with Crippen LogP contribution in [0.15, 0.2) is 18.2 Å². The number of nitro benzene ring substituents is 1. The van der Waals surface area contributed by atoms with E-state index in [4.69, 9.17) is 11.6 Å². The molecule has 0 radical (unpaired) electrons. The summed E-state index contributed by atoms with van der Waals surface area (Å²) in [7, 11) is 0. The summed E-state index contributed by atoms with van der Waals surface area (Å²) >= 11 is 5.71. The highest BCUT2D eigenvalue weighted by molar-refractivity contribution is 6.32. The molecule has 4 nitrogen and oxygen atoms in total. The van der Waals surface area contributed by atoms with Crippen LogP contribution in [0.5, 0.6) is 0 Å². The lowest BCUT2D eigenvalue weighted by Crippen LogP contribution is -1.95. The van der Waals surface area contributed by atoms with E-state index in [1.807, 2.05) is 0 Å². The van der Waals surface area contributed by atoms with E-state index in [9.17, 15) is 14.9 Å². The first-order valence-corrected chi connectivity index (χ1v) is 4.80. The van der Waals surface area contributed by atoms with Gasteiger partial charge in [0.25, 0.3) is 5.69 Å². The maximum atomic E-state index is 10.7. The molecule has 0 aliphatic heterocycles. The van der Waals surface area contributed by atoms with E-state index >= 15 is 0 Å². The first-order valence-electron chi connectivity index (χ1n) is 4.43. The van der Waals surface area contributed by atoms with Crippen LogP contribution in [0, 0.1) is 10.1 Å². The molecule has 80 valence electrons. The van der Waals surface area contributed by atoms with Crippen molar-refractivity contribution in [2.75, 3.05) is 0 Å². The van der Waals surface area contributed by atoms with Crippen LogP contribution in [0.4, 0.5) is 5.69 Å². The van der Waals surface area contributed by atoms with Crippen LogP contribution >= 0.6 is 11.6 Å². The smallest absolute Gasteiger partial charge is 0.287 e. The predicted molar refractivity (Wildman–Crippen MR) is 57.1 cm³/mol. The van der Waals surface area contributed by atoms with E-state index in [0.717, 1.165) is 5.56 Å². The highest BCUT2D eigenvalue weighted by Crippen LogP contribution is 2.25. The summed E-state index contributed by atoms with van der Waals surface area (Å²) in [5.74, 6) is 0.0875. The number of ketones is 1. The molecule has 0 aliphatic rings. The van der Waals surface area contributed by atoms with Crippen LogP contribution in [0.2, 0.25) is 5.02 Å². The van der Waals surface area contributed by atoms with Gasteiger partial charge in [-0.1, -0.05) is 17.7 Å². The summed E-state index contributed by atoms with van der Waals surface area (Å²) < 4.78 is 0. The van der Waals surface area contributed by atoms with Crippen molar-refractivity contribution in [3.05, 3.63) is 38.9 Å². The Balaban J connectivity index is 2.82. The fourth-order valence-electron chi connectivity index (χ4n) is 1.17. The molecule has 15 heavy (non-hydrogen) atoms. The second-order valence-electron chi connectivity index (χ2n) is 3.24. The number of aryl methyl sites for hydroxylation is 1. The maximum absolute atomic E-state index is 10.7. The number of halogens is 1. The van der Waals surface area contributed by atoms with E-state index in [1.165, 1.54) is 19.1 Å². The molecule has 0 bridgehead atoms. The summed E-state index contributed by atoms with van der Waals surface area (Å²) in [5.41, 5.74) is 0.726. The van der Waals surface area contributed by atoms with Gasteiger partial charge in [0.15, 0.2) is 0 Å². The molecule has 0 atom stereocenters. The van der Waals surface area contributed by atoms with Crippen molar-refractivity contribution < 1.29 is 9.72 Å². The number of benzene rings is 1. The Morgan fingerprint density at radius 2 is 2.20 bits per heavy atom. The molecule has 0 saturated carbocycles. The van der Waals surface area contributed by atoms with Gasteiger partial charge in [-0.2, -0.15) is 0 Å². The molecule has 0 spiro atoms. The van der Waals surface area contributed by atoms with Gasteiger partial charge < -0.3 is 4.79 Å². The van der Waals surface area contributed by atoms with Crippen molar-refractivity contribution in [3.63, 3.8) is 0 Å². The minimum Gasteiger partial charge on any atom is -0.300 e. The number of carbonyl (C=O) groups is 1. The third-order valence-electron chi connectivity index (χ3n) is 1.97. The maximum Gasteiger partial charge on any atom is 0.287 e. The standard InChI is InChI=1S/C10H10ClNO3/c1-7(13)2-3-8-4-5-10(12(14)15)9(11)6-8/h4-6H,2-3H2,1H3. The predicted octanol–water partition coefficient (Wildman–Crippen LogP) is 2.77. The molecule has 1 rings (SSSR count). The van der Waals surface area contributed by atoms with Gasteiger partial charge in [-0.25, -0.2) is 0 Å². The Hall–Kier alpha value is -1.42. The highest BCUT2D eigenvalue weighted by atomic mass is 35.5. The molecular formula is C10H10ClNO3. The number of nitro groups is 1. The van der Waals surface area contributed by atoms with Gasteiger partial charge in [-0.05, 0) is 25.0 Å². The Labute approximate surface area is 92.0 Å². The first kappa shape index (κ1) is 11.7. The van der Waals surface area contributed by atoms with Gasteiger partial charge >= 0.3 is 0 Å². The number of hydrogen-bond acceptors (Lipinski definition) is 3. The van der Waals surface area contributed by atoms with Crippen LogP contribution in [-0.2, 0) is 11.2 Å². The average molecular weight is 228 g/mol. The Morgan fingerprint density at radius 3 is 2.67 bits per heavy atom. The minimum absolute atomic E-state index is 0.0875. The minimum atomic E-state index is -0.531. The van der Waals surface area contributed by atoms with E-state index in [1.54, 1.807) is 6.07 Å². The SMILES string of the molecule is CC(=O)CCc1ccc([N+](=O)[O-])c(Cl)c1. The van der Waals surface area contributed by atoms with E-state index < -0.39 is 4.92 Å². The van der Waals surface area contributed by atoms with E-state index in [0.29, 0.717) is 12.8 Å². The van der Waals surface area contributed by atoms with Gasteiger partial charge in [-0.15, -0.1) is 0 Å². The lowest BCUT2D eigenvalue weighted by atomic mass is 10.1. The van der Waals surface area contributed by atoms with Crippen molar-refractivity contribution in [1.82, 2.24) is 0 Å². The summed E-state index contributed by atoms with van der Waals surface area (Å²) in [4.78, 5) is 20.7. The zero-order valence-electron chi connectivity index (χ0n) is 8.20. The number of Topliss-reactive ketones (excluding diaryl/α,β-unsaturated/α-hetero) is 1. The molecule has 0 heterocycles. The number of rotatable bonds is 4. The van der Waals surface area contributed by atoms with E-state index in [2.05, 4.69) is 0 Å². The first-order chi connectivity index (χ1) is 7.00. The van der Waals surface area contributed by atoms with Gasteiger partial charge in [0.2, 0.25) is 0 Å². The molecule has 0 amide bonds. The Bertz CT molecular complexity index is 404. The van der Waals surface area contributed by atoms with Crippen molar-refractivity contribution in [1.29, 1.82) is 0 Å². The second-order valence-corrected chi connectivity index (χ2v) is 3.65. The lowest BCUT2D eigenvalue weighted by molar-refractivity contribution is -0.384. The molecular weight excluding hydrogens is 218 g/mol. The molecule has 1 aromatic carbocycles. The average Bonchev–Trinajstić information content (AvgIpc) is 2.14. The fourth-order valence-corrected chi connectivity index (χ4v) is 1.45. The van der Waals surface area contributed by atoms with Crippen molar-refractivity contribution in [2.45, 2.75) is 19.8 Å². The van der Waals surface area contributed by atoms with Crippen molar-refractivity contribution in [2.24, 2.45) is 0 Å². The summed E-state index contributed by atoms with van der Waals surface area (Å²) in [6, 6.07) is 4.51. The fraction of sp³-hybridized carbons (Fsp3) is 0.300. The van der Waals surface area contributed by atoms with Gasteiger partial charge in [0, 0.05) is 12.5 Å². The summed E-state index contributed by atoms with van der Waals surface area (Å²) in [5, 5.41) is 10.6. The highest BCUT2D eigenvalue weighted by Gasteiger charge is 2.11. The van der Waals surface area contributed by atoms with Crippen LogP contribution in [0.1, 0.15) is 18.9 Å². The number of hydrogen-bond donors (Lipinski definition) is 0. The topological polar surface area (TPSA) is 60.2 Å². The molecule has 0 fully saturated rings. The third kappa shape index (κ3) is 3.32. The summed E-state index contributed by atoms with van der Waals surface area (Å²) in [6.45, 7) is 1.51. The van der Waals surface area contributed by atoms with Gasteiger partial charge in [0.05, 0.1) is 4.92 Å². The van der Waals surface area contributed by atoms with Gasteiger partial charge in [0.1, 0.15) is 10.8 Å². The third-order valence-corrected chi connectivity index (χ3v) is 2.28. The second kappa shape index (κ2) is 4.89. The largest absolute Gasteiger partial charge is 0.300 e. The molecule has 0 aliphatic carbocycles. The van der Waals surface area contributed by atoms with Gasteiger partial charge in [-0.3, -0.25) is 10.1 Å². The lowest BCUT2D eigenvalue weighted by Gasteiger charge is -2.00. The number of nitrogens with zero attached hydrogens (tertiary/aromatic N) is 1. The van der Waals surface area contributed by atoms with Crippen LogP contribution < -0.4 is 0 Å². The van der Waals surface area contributed by atoms with E-state index in [-0.39, 0.29) is 16.5 Å².